The molecule has 1 heterocycles. The molecule has 3 aliphatic rings. The predicted molar refractivity (Wildman–Crippen MR) is 82.7 cm³/mol. The third-order valence-electron chi connectivity index (χ3n) is 6.68. The number of carbonyl (C=O) groups excluding carboxylic acids is 1. The number of likely N-dealkylation sites (tertiary alicyclic amines) is 1. The van der Waals surface area contributed by atoms with E-state index in [-0.39, 0.29) is 5.54 Å². The van der Waals surface area contributed by atoms with Gasteiger partial charge in [-0.1, -0.05) is 19.8 Å². The number of hydrogen-bond donors (Lipinski definition) is 0. The average molecular weight is 277 g/mol. The smallest absolute Gasteiger partial charge is 0.153 e. The molecule has 20 heavy (non-hydrogen) atoms. The van der Waals surface area contributed by atoms with Crippen LogP contribution in [0.4, 0.5) is 0 Å². The lowest BCUT2D eigenvalue weighted by molar-refractivity contribution is -0.132. The van der Waals surface area contributed by atoms with E-state index in [1.807, 2.05) is 0 Å². The van der Waals surface area contributed by atoms with Gasteiger partial charge in [-0.2, -0.15) is 0 Å². The zero-order valence-corrected chi connectivity index (χ0v) is 13.4. The van der Waals surface area contributed by atoms with Crippen molar-refractivity contribution in [2.75, 3.05) is 13.1 Å². The minimum atomic E-state index is -0.178. The third-order valence-corrected chi connectivity index (χ3v) is 6.68. The van der Waals surface area contributed by atoms with Gasteiger partial charge in [0, 0.05) is 6.42 Å². The molecule has 2 saturated carbocycles. The summed E-state index contributed by atoms with van der Waals surface area (Å²) in [7, 11) is 0. The van der Waals surface area contributed by atoms with Crippen LogP contribution in [-0.4, -0.2) is 29.3 Å². The molecule has 0 aromatic rings. The molecule has 0 amide bonds. The van der Waals surface area contributed by atoms with E-state index < -0.39 is 0 Å². The summed E-state index contributed by atoms with van der Waals surface area (Å²) in [6.45, 7) is 6.68. The Hall–Kier alpha value is -0.370. The van der Waals surface area contributed by atoms with Crippen LogP contribution in [0.25, 0.3) is 0 Å². The molecule has 0 spiro atoms. The maximum Gasteiger partial charge on any atom is 0.153 e. The van der Waals surface area contributed by atoms with Crippen molar-refractivity contribution in [3.8, 4) is 0 Å². The minimum Gasteiger partial charge on any atom is -0.298 e. The van der Waals surface area contributed by atoms with E-state index in [4.69, 9.17) is 0 Å². The number of rotatable bonds is 5. The Morgan fingerprint density at radius 3 is 2.45 bits per heavy atom. The summed E-state index contributed by atoms with van der Waals surface area (Å²) < 4.78 is 0. The second-order valence-electron chi connectivity index (χ2n) is 7.74. The second kappa shape index (κ2) is 5.79. The molecular formula is C18H31NO. The van der Waals surface area contributed by atoms with Crippen LogP contribution < -0.4 is 0 Å². The molecule has 3 rings (SSSR count). The highest BCUT2D eigenvalue weighted by atomic mass is 16.1. The summed E-state index contributed by atoms with van der Waals surface area (Å²) in [4.78, 5) is 15.5. The molecule has 1 saturated heterocycles. The maximum absolute atomic E-state index is 13.0. The van der Waals surface area contributed by atoms with Crippen molar-refractivity contribution >= 4 is 5.78 Å². The number of piperidine rings is 1. The zero-order chi connectivity index (χ0) is 14.2. The van der Waals surface area contributed by atoms with Crippen molar-refractivity contribution < 1.29 is 4.79 Å². The van der Waals surface area contributed by atoms with Gasteiger partial charge in [0.2, 0.25) is 0 Å². The number of fused-ring (bicyclic) bond motifs is 2. The summed E-state index contributed by atoms with van der Waals surface area (Å²) in [5, 5.41) is 0. The van der Waals surface area contributed by atoms with Gasteiger partial charge in [-0.15, -0.1) is 0 Å². The lowest BCUT2D eigenvalue weighted by Crippen LogP contribution is -2.54. The Morgan fingerprint density at radius 2 is 1.90 bits per heavy atom. The summed E-state index contributed by atoms with van der Waals surface area (Å²) in [6, 6.07) is 0. The standard InChI is InChI=1S/C18H31NO/c1-3-18(2,19-9-5-4-6-10-19)17(20)13-16-12-14-7-8-15(16)11-14/h14-16H,3-13H2,1-2H3. The first-order chi connectivity index (χ1) is 9.63. The molecule has 0 aromatic carbocycles. The Balaban J connectivity index is 1.64. The first-order valence-electron chi connectivity index (χ1n) is 8.92. The first kappa shape index (κ1) is 14.6. The molecule has 2 heteroatoms. The van der Waals surface area contributed by atoms with Crippen LogP contribution >= 0.6 is 0 Å². The maximum atomic E-state index is 13.0. The van der Waals surface area contributed by atoms with Gasteiger partial charge in [-0.05, 0) is 76.3 Å². The van der Waals surface area contributed by atoms with Crippen LogP contribution in [0.1, 0.15) is 71.6 Å². The van der Waals surface area contributed by atoms with E-state index in [1.54, 1.807) is 0 Å². The van der Waals surface area contributed by atoms with Crippen LogP contribution in [0, 0.1) is 17.8 Å². The average Bonchev–Trinajstić information content (AvgIpc) is 3.09. The van der Waals surface area contributed by atoms with E-state index >= 15 is 0 Å². The Morgan fingerprint density at radius 1 is 1.15 bits per heavy atom. The number of ketones is 1. The monoisotopic (exact) mass is 277 g/mol. The topological polar surface area (TPSA) is 20.3 Å². The van der Waals surface area contributed by atoms with Gasteiger partial charge in [-0.25, -0.2) is 0 Å². The van der Waals surface area contributed by atoms with Gasteiger partial charge in [0.1, 0.15) is 0 Å². The molecule has 2 nitrogen and oxygen atoms in total. The van der Waals surface area contributed by atoms with Crippen molar-refractivity contribution in [3.63, 3.8) is 0 Å². The summed E-state index contributed by atoms with van der Waals surface area (Å²) >= 11 is 0. The van der Waals surface area contributed by atoms with Crippen molar-refractivity contribution in [1.29, 1.82) is 0 Å². The van der Waals surface area contributed by atoms with Gasteiger partial charge in [0.15, 0.2) is 5.78 Å². The molecule has 0 radical (unpaired) electrons. The fourth-order valence-corrected chi connectivity index (χ4v) is 5.07. The Bertz CT molecular complexity index is 360. The lowest BCUT2D eigenvalue weighted by atomic mass is 9.79. The molecule has 3 fully saturated rings. The second-order valence-corrected chi connectivity index (χ2v) is 7.74. The fraction of sp³-hybridized carbons (Fsp3) is 0.944. The quantitative estimate of drug-likeness (QED) is 0.756. The van der Waals surface area contributed by atoms with Gasteiger partial charge in [-0.3, -0.25) is 9.69 Å². The molecular weight excluding hydrogens is 246 g/mol. The van der Waals surface area contributed by atoms with Gasteiger partial charge in [0.05, 0.1) is 5.54 Å². The van der Waals surface area contributed by atoms with Crippen molar-refractivity contribution in [1.82, 2.24) is 4.90 Å². The molecule has 0 N–H and O–H groups in total. The van der Waals surface area contributed by atoms with Gasteiger partial charge < -0.3 is 0 Å². The highest BCUT2D eigenvalue weighted by Gasteiger charge is 2.44. The van der Waals surface area contributed by atoms with E-state index in [0.29, 0.717) is 5.78 Å². The largest absolute Gasteiger partial charge is 0.298 e. The van der Waals surface area contributed by atoms with Crippen molar-refractivity contribution in [2.24, 2.45) is 17.8 Å². The predicted octanol–water partition coefficient (Wildman–Crippen LogP) is 4.04. The Labute approximate surface area is 124 Å². The van der Waals surface area contributed by atoms with Crippen LogP contribution in [0.2, 0.25) is 0 Å². The SMILES string of the molecule is CCC(C)(C(=O)CC1CC2CCC1C2)N1CCCCC1. The van der Waals surface area contributed by atoms with Crippen molar-refractivity contribution in [2.45, 2.75) is 77.2 Å². The summed E-state index contributed by atoms with van der Waals surface area (Å²) in [5.41, 5.74) is -0.178. The highest BCUT2D eigenvalue weighted by molar-refractivity contribution is 5.88. The van der Waals surface area contributed by atoms with Gasteiger partial charge >= 0.3 is 0 Å². The van der Waals surface area contributed by atoms with Crippen LogP contribution in [0.15, 0.2) is 0 Å². The van der Waals surface area contributed by atoms with Crippen LogP contribution in [-0.2, 0) is 4.79 Å². The van der Waals surface area contributed by atoms with E-state index in [1.165, 1.54) is 44.9 Å². The molecule has 2 aliphatic carbocycles. The molecule has 2 bridgehead atoms. The number of Topliss-reactive ketones (excluding diaryl/α,β-unsaturated/α-hetero) is 1. The highest BCUT2D eigenvalue weighted by Crippen LogP contribution is 2.50. The van der Waals surface area contributed by atoms with Gasteiger partial charge in [0.25, 0.3) is 0 Å². The zero-order valence-electron chi connectivity index (χ0n) is 13.4. The lowest BCUT2D eigenvalue weighted by Gasteiger charge is -2.42. The molecule has 4 atom stereocenters. The molecule has 4 unspecified atom stereocenters. The first-order valence-corrected chi connectivity index (χ1v) is 8.92. The van der Waals surface area contributed by atoms with Crippen molar-refractivity contribution in [3.05, 3.63) is 0 Å². The fourth-order valence-electron chi connectivity index (χ4n) is 5.07. The number of nitrogens with zero attached hydrogens (tertiary/aromatic N) is 1. The minimum absolute atomic E-state index is 0.178. The molecule has 114 valence electrons. The normalized spacial score (nSPS) is 37.0. The molecule has 0 aromatic heterocycles. The summed E-state index contributed by atoms with van der Waals surface area (Å²) in [6.07, 6.45) is 11.3. The molecule has 1 aliphatic heterocycles. The third kappa shape index (κ3) is 2.56. The van der Waals surface area contributed by atoms with E-state index in [2.05, 4.69) is 18.7 Å². The van der Waals surface area contributed by atoms with E-state index in [0.717, 1.165) is 43.7 Å². The van der Waals surface area contributed by atoms with Crippen LogP contribution in [0.5, 0.6) is 0 Å². The Kier molecular flexibility index (Phi) is 4.21. The van der Waals surface area contributed by atoms with Crippen LogP contribution in [0.3, 0.4) is 0 Å². The summed E-state index contributed by atoms with van der Waals surface area (Å²) in [5.74, 6) is 3.10. The van der Waals surface area contributed by atoms with E-state index in [9.17, 15) is 4.79 Å². The number of hydrogen-bond acceptors (Lipinski definition) is 2. The number of carbonyl (C=O) groups is 1.